The molecule has 4 rings (SSSR count). The lowest BCUT2D eigenvalue weighted by molar-refractivity contribution is 0.208. The molecule has 1 aromatic carbocycles. The van der Waals surface area contributed by atoms with Crippen LogP contribution < -0.4 is 5.32 Å². The minimum Gasteiger partial charge on any atom is -0.310 e. The molecule has 108 valence electrons. The summed E-state index contributed by atoms with van der Waals surface area (Å²) in [5.74, 6) is 4.03. The molecule has 0 radical (unpaired) electrons. The zero-order valence-corrected chi connectivity index (χ0v) is 13.1. The first-order valence-electron chi connectivity index (χ1n) is 7.89. The predicted molar refractivity (Wildman–Crippen MR) is 84.1 cm³/mol. The second-order valence-electron chi connectivity index (χ2n) is 6.92. The van der Waals surface area contributed by atoms with Gasteiger partial charge in [-0.3, -0.25) is 0 Å². The van der Waals surface area contributed by atoms with Gasteiger partial charge in [0.25, 0.3) is 0 Å². The van der Waals surface area contributed by atoms with E-state index in [1.165, 1.54) is 37.7 Å². The Balaban J connectivity index is 1.41. The van der Waals surface area contributed by atoms with Crippen LogP contribution in [-0.2, 0) is 6.54 Å². The summed E-state index contributed by atoms with van der Waals surface area (Å²) in [5.41, 5.74) is 1.20. The second-order valence-corrected chi connectivity index (χ2v) is 7.79. The fourth-order valence-electron chi connectivity index (χ4n) is 5.26. The van der Waals surface area contributed by atoms with E-state index < -0.39 is 0 Å². The Kier molecular flexibility index (Phi) is 3.48. The number of rotatable bonds is 3. The third-order valence-electron chi connectivity index (χ3n) is 5.92. The first-order valence-corrected chi connectivity index (χ1v) is 8.64. The van der Waals surface area contributed by atoms with E-state index in [0.29, 0.717) is 0 Å². The normalized spacial score (nSPS) is 38.4. The Hall–Kier alpha value is -0.240. The van der Waals surface area contributed by atoms with E-state index in [1.807, 2.05) is 12.1 Å². The minimum absolute atomic E-state index is 0.720. The molecule has 3 aliphatic rings. The van der Waals surface area contributed by atoms with Crippen LogP contribution in [0.15, 0.2) is 18.2 Å². The average molecular weight is 310 g/mol. The summed E-state index contributed by atoms with van der Waals surface area (Å²) >= 11 is 12.1. The monoisotopic (exact) mass is 309 g/mol. The molecule has 1 N–H and O–H groups in total. The van der Waals surface area contributed by atoms with Crippen molar-refractivity contribution in [1.29, 1.82) is 0 Å². The maximum atomic E-state index is 6.07. The van der Waals surface area contributed by atoms with Crippen LogP contribution in [0.2, 0.25) is 10.0 Å². The van der Waals surface area contributed by atoms with E-state index in [0.717, 1.165) is 46.3 Å². The molecule has 5 atom stereocenters. The SMILES string of the molecule is Clc1cc(Cl)cc(CNC2CC3CC2C2CCCC32)c1. The molecule has 3 heteroatoms. The number of nitrogens with one attached hydrogen (secondary N) is 1. The number of fused-ring (bicyclic) bond motifs is 5. The molecule has 0 saturated heterocycles. The van der Waals surface area contributed by atoms with Gasteiger partial charge in [0.1, 0.15) is 0 Å². The maximum absolute atomic E-state index is 6.07. The van der Waals surface area contributed by atoms with Gasteiger partial charge in [0.05, 0.1) is 0 Å². The summed E-state index contributed by atoms with van der Waals surface area (Å²) in [6, 6.07) is 6.56. The molecule has 20 heavy (non-hydrogen) atoms. The van der Waals surface area contributed by atoms with Gasteiger partial charge in [-0.25, -0.2) is 0 Å². The predicted octanol–water partition coefficient (Wildman–Crippen LogP) is 4.91. The summed E-state index contributed by atoms with van der Waals surface area (Å²) in [6.07, 6.45) is 7.32. The van der Waals surface area contributed by atoms with Crippen LogP contribution in [0.1, 0.15) is 37.7 Å². The van der Waals surface area contributed by atoms with Gasteiger partial charge in [0.2, 0.25) is 0 Å². The van der Waals surface area contributed by atoms with Gasteiger partial charge >= 0.3 is 0 Å². The van der Waals surface area contributed by atoms with Crippen molar-refractivity contribution in [1.82, 2.24) is 5.32 Å². The highest BCUT2D eigenvalue weighted by Crippen LogP contribution is 2.58. The zero-order valence-electron chi connectivity index (χ0n) is 11.6. The molecule has 0 aliphatic heterocycles. The number of benzene rings is 1. The quantitative estimate of drug-likeness (QED) is 0.836. The number of hydrogen-bond donors (Lipinski definition) is 1. The van der Waals surface area contributed by atoms with Crippen LogP contribution in [-0.4, -0.2) is 6.04 Å². The van der Waals surface area contributed by atoms with Crippen LogP contribution in [0.5, 0.6) is 0 Å². The summed E-state index contributed by atoms with van der Waals surface area (Å²) < 4.78 is 0. The first kappa shape index (κ1) is 13.4. The van der Waals surface area contributed by atoms with E-state index in [1.54, 1.807) is 6.07 Å². The van der Waals surface area contributed by atoms with Crippen LogP contribution in [0.25, 0.3) is 0 Å². The van der Waals surface area contributed by atoms with Crippen LogP contribution >= 0.6 is 23.2 Å². The second kappa shape index (κ2) is 5.19. The molecule has 1 nitrogen and oxygen atoms in total. The number of halogens is 2. The highest BCUT2D eigenvalue weighted by atomic mass is 35.5. The lowest BCUT2D eigenvalue weighted by Gasteiger charge is -2.32. The summed E-state index contributed by atoms with van der Waals surface area (Å²) in [6.45, 7) is 0.894. The smallest absolute Gasteiger partial charge is 0.0424 e. The molecule has 0 heterocycles. The Morgan fingerprint density at radius 2 is 1.70 bits per heavy atom. The standard InChI is InChI=1S/C17H21Cl2N/c18-12-4-10(5-13(19)8-12)9-20-17-7-11-6-16(17)15-3-1-2-14(11)15/h4-5,8,11,14-17,20H,1-3,6-7,9H2. The third kappa shape index (κ3) is 2.28. The van der Waals surface area contributed by atoms with Crippen molar-refractivity contribution in [2.24, 2.45) is 23.7 Å². The molecule has 3 fully saturated rings. The molecule has 2 bridgehead atoms. The molecular weight excluding hydrogens is 289 g/mol. The summed E-state index contributed by atoms with van der Waals surface area (Å²) in [5, 5.41) is 5.25. The number of hydrogen-bond acceptors (Lipinski definition) is 1. The molecule has 3 saturated carbocycles. The largest absolute Gasteiger partial charge is 0.310 e. The van der Waals surface area contributed by atoms with Crippen molar-refractivity contribution in [3.05, 3.63) is 33.8 Å². The molecule has 0 amide bonds. The van der Waals surface area contributed by atoms with Gasteiger partial charge in [-0.2, -0.15) is 0 Å². The first-order chi connectivity index (χ1) is 9.70. The van der Waals surface area contributed by atoms with Gasteiger partial charge in [0.15, 0.2) is 0 Å². The van der Waals surface area contributed by atoms with E-state index >= 15 is 0 Å². The van der Waals surface area contributed by atoms with Gasteiger partial charge in [-0.1, -0.05) is 29.6 Å². The van der Waals surface area contributed by atoms with Crippen molar-refractivity contribution < 1.29 is 0 Å². The maximum Gasteiger partial charge on any atom is 0.0424 e. The fourth-order valence-corrected chi connectivity index (χ4v) is 5.84. The van der Waals surface area contributed by atoms with Crippen molar-refractivity contribution in [2.75, 3.05) is 0 Å². The highest BCUT2D eigenvalue weighted by molar-refractivity contribution is 6.34. The minimum atomic E-state index is 0.720. The van der Waals surface area contributed by atoms with Crippen molar-refractivity contribution >= 4 is 23.2 Å². The zero-order chi connectivity index (χ0) is 13.7. The molecule has 1 aromatic rings. The Labute approximate surface area is 131 Å². The van der Waals surface area contributed by atoms with Gasteiger partial charge in [-0.05, 0) is 73.1 Å². The average Bonchev–Trinajstić information content (AvgIpc) is 3.07. The van der Waals surface area contributed by atoms with Crippen molar-refractivity contribution in [2.45, 2.75) is 44.7 Å². The molecule has 0 aromatic heterocycles. The third-order valence-corrected chi connectivity index (χ3v) is 6.36. The Morgan fingerprint density at radius 3 is 2.50 bits per heavy atom. The lowest BCUT2D eigenvalue weighted by Crippen LogP contribution is -2.38. The van der Waals surface area contributed by atoms with E-state index in [4.69, 9.17) is 23.2 Å². The topological polar surface area (TPSA) is 12.0 Å². The van der Waals surface area contributed by atoms with Gasteiger partial charge < -0.3 is 5.32 Å². The summed E-state index contributed by atoms with van der Waals surface area (Å²) in [4.78, 5) is 0. The van der Waals surface area contributed by atoms with Crippen LogP contribution in [0, 0.1) is 23.7 Å². The van der Waals surface area contributed by atoms with Gasteiger partial charge in [0, 0.05) is 22.6 Å². The van der Waals surface area contributed by atoms with Crippen molar-refractivity contribution in [3.63, 3.8) is 0 Å². The fraction of sp³-hybridized carbons (Fsp3) is 0.647. The molecule has 0 spiro atoms. The Bertz CT molecular complexity index is 495. The van der Waals surface area contributed by atoms with Crippen molar-refractivity contribution in [3.8, 4) is 0 Å². The molecular formula is C17H21Cl2N. The Morgan fingerprint density at radius 1 is 0.950 bits per heavy atom. The van der Waals surface area contributed by atoms with Crippen LogP contribution in [0.4, 0.5) is 0 Å². The molecule has 3 aliphatic carbocycles. The van der Waals surface area contributed by atoms with E-state index in [2.05, 4.69) is 5.32 Å². The highest BCUT2D eigenvalue weighted by Gasteiger charge is 2.53. The van der Waals surface area contributed by atoms with Crippen LogP contribution in [0.3, 0.4) is 0 Å². The van der Waals surface area contributed by atoms with Gasteiger partial charge in [-0.15, -0.1) is 0 Å². The van der Waals surface area contributed by atoms with E-state index in [9.17, 15) is 0 Å². The molecule has 5 unspecified atom stereocenters. The van der Waals surface area contributed by atoms with E-state index in [-0.39, 0.29) is 0 Å². The lowest BCUT2D eigenvalue weighted by atomic mass is 9.79. The summed E-state index contributed by atoms with van der Waals surface area (Å²) in [7, 11) is 0.